The Morgan fingerprint density at radius 2 is 1.54 bits per heavy atom. The average molecular weight is 372 g/mol. The van der Waals surface area contributed by atoms with E-state index in [2.05, 4.69) is 36.4 Å². The lowest BCUT2D eigenvalue weighted by Crippen LogP contribution is -3.10. The second kappa shape index (κ2) is 8.41. The quantitative estimate of drug-likeness (QED) is 0.732. The van der Waals surface area contributed by atoms with Gasteiger partial charge in [-0.2, -0.15) is 0 Å². The van der Waals surface area contributed by atoms with Crippen molar-refractivity contribution >= 4 is 5.91 Å². The summed E-state index contributed by atoms with van der Waals surface area (Å²) in [5.74, 6) is 0.0645. The molecule has 0 radical (unpaired) electrons. The molecule has 3 heteroatoms. The highest BCUT2D eigenvalue weighted by Gasteiger charge is 2.19. The van der Waals surface area contributed by atoms with Crippen molar-refractivity contribution in [2.45, 2.75) is 26.1 Å². The minimum absolute atomic E-state index is 0.0645. The first-order chi connectivity index (χ1) is 13.7. The Morgan fingerprint density at radius 3 is 2.29 bits per heavy atom. The van der Waals surface area contributed by atoms with Gasteiger partial charge in [-0.25, -0.2) is 0 Å². The molecule has 0 saturated heterocycles. The summed E-state index contributed by atoms with van der Waals surface area (Å²) in [6, 6.07) is 27.0. The zero-order valence-electron chi connectivity index (χ0n) is 16.4. The van der Waals surface area contributed by atoms with Gasteiger partial charge in [0.15, 0.2) is 0 Å². The summed E-state index contributed by atoms with van der Waals surface area (Å²) >= 11 is 0. The summed E-state index contributed by atoms with van der Waals surface area (Å²) in [6.07, 6.45) is 1.15. The van der Waals surface area contributed by atoms with E-state index in [9.17, 15) is 4.79 Å². The Kier molecular flexibility index (Phi) is 5.54. The number of hydrogen-bond donors (Lipinski definition) is 1. The van der Waals surface area contributed by atoms with Gasteiger partial charge in [0.1, 0.15) is 13.1 Å². The number of benzene rings is 3. The van der Waals surface area contributed by atoms with Crippen LogP contribution >= 0.6 is 0 Å². The van der Waals surface area contributed by atoms with Gasteiger partial charge in [0.05, 0.1) is 6.54 Å². The maximum atomic E-state index is 12.7. The molecule has 0 saturated carbocycles. The van der Waals surface area contributed by atoms with Gasteiger partial charge in [0, 0.05) is 36.7 Å². The maximum absolute atomic E-state index is 12.7. The van der Waals surface area contributed by atoms with Crippen molar-refractivity contribution < 1.29 is 9.69 Å². The molecule has 1 aliphatic heterocycles. The van der Waals surface area contributed by atoms with Crippen molar-refractivity contribution in [3.05, 3.63) is 107 Å². The molecule has 142 valence electrons. The molecule has 0 fully saturated rings. The van der Waals surface area contributed by atoms with Crippen molar-refractivity contribution in [1.29, 1.82) is 0 Å². The molecule has 1 N–H and O–H groups in total. The van der Waals surface area contributed by atoms with Crippen LogP contribution in [0.2, 0.25) is 0 Å². The minimum Gasteiger partial charge on any atom is -0.337 e. The number of amides is 1. The largest absolute Gasteiger partial charge is 0.337 e. The van der Waals surface area contributed by atoms with Crippen LogP contribution < -0.4 is 4.90 Å². The fraction of sp³-hybridized carbons (Fsp3) is 0.240. The summed E-state index contributed by atoms with van der Waals surface area (Å²) in [6.45, 7) is 3.87. The van der Waals surface area contributed by atoms with Gasteiger partial charge in [-0.15, -0.1) is 0 Å². The van der Waals surface area contributed by atoms with E-state index >= 15 is 0 Å². The van der Waals surface area contributed by atoms with E-state index in [0.717, 1.165) is 37.2 Å². The molecule has 4 rings (SSSR count). The number of quaternary nitrogens is 1. The SMILES string of the molecule is CN(Cc1ccccc1)C(=O)c1ccc(C[NH+]2CCc3ccccc3C2)cc1. The van der Waals surface area contributed by atoms with Crippen molar-refractivity contribution in [3.8, 4) is 0 Å². The maximum Gasteiger partial charge on any atom is 0.253 e. The van der Waals surface area contributed by atoms with Gasteiger partial charge in [0.2, 0.25) is 0 Å². The highest BCUT2D eigenvalue weighted by Crippen LogP contribution is 2.12. The van der Waals surface area contributed by atoms with E-state index in [1.54, 1.807) is 9.80 Å². The number of fused-ring (bicyclic) bond motifs is 1. The fourth-order valence-electron chi connectivity index (χ4n) is 4.00. The molecule has 3 nitrogen and oxygen atoms in total. The number of carbonyl (C=O) groups is 1. The van der Waals surface area contributed by atoms with Crippen LogP contribution in [0.5, 0.6) is 0 Å². The third-order valence-corrected chi connectivity index (χ3v) is 5.57. The monoisotopic (exact) mass is 371 g/mol. The van der Waals surface area contributed by atoms with Crippen molar-refractivity contribution in [2.75, 3.05) is 13.6 Å². The zero-order chi connectivity index (χ0) is 19.3. The van der Waals surface area contributed by atoms with Gasteiger partial charge in [0.25, 0.3) is 5.91 Å². The Labute approximate surface area is 167 Å². The van der Waals surface area contributed by atoms with Gasteiger partial charge in [-0.3, -0.25) is 4.79 Å². The molecule has 3 aromatic carbocycles. The molecule has 1 unspecified atom stereocenters. The second-order valence-electron chi connectivity index (χ2n) is 7.72. The standard InChI is InChI=1S/C25H26N2O/c1-26(17-20-7-3-2-4-8-20)25(28)23-13-11-21(12-14-23)18-27-16-15-22-9-5-6-10-24(22)19-27/h2-14H,15-19H2,1H3/p+1. The third kappa shape index (κ3) is 4.32. The Balaban J connectivity index is 1.37. The predicted octanol–water partition coefficient (Wildman–Crippen LogP) is 3.10. The normalized spacial score (nSPS) is 15.7. The van der Waals surface area contributed by atoms with Crippen LogP contribution in [0.25, 0.3) is 0 Å². The van der Waals surface area contributed by atoms with Gasteiger partial charge < -0.3 is 9.80 Å². The van der Waals surface area contributed by atoms with Crippen LogP contribution in [0.4, 0.5) is 0 Å². The Morgan fingerprint density at radius 1 is 0.857 bits per heavy atom. The molecule has 1 aliphatic rings. The fourth-order valence-corrected chi connectivity index (χ4v) is 4.00. The molecule has 0 aromatic heterocycles. The summed E-state index contributed by atoms with van der Waals surface area (Å²) in [5, 5.41) is 0. The lowest BCUT2D eigenvalue weighted by atomic mass is 9.99. The number of hydrogen-bond acceptors (Lipinski definition) is 1. The van der Waals surface area contributed by atoms with Gasteiger partial charge in [-0.05, 0) is 23.3 Å². The van der Waals surface area contributed by atoms with Crippen LogP contribution in [0.1, 0.15) is 32.6 Å². The molecule has 1 amide bonds. The molecule has 28 heavy (non-hydrogen) atoms. The van der Waals surface area contributed by atoms with Crippen LogP contribution in [-0.4, -0.2) is 24.4 Å². The number of rotatable bonds is 5. The Hall–Kier alpha value is -2.91. The van der Waals surface area contributed by atoms with Crippen molar-refractivity contribution in [1.82, 2.24) is 4.90 Å². The van der Waals surface area contributed by atoms with E-state index in [-0.39, 0.29) is 5.91 Å². The molecule has 1 atom stereocenters. The number of carbonyl (C=O) groups excluding carboxylic acids is 1. The molecular formula is C25H27N2O+. The number of nitrogens with one attached hydrogen (secondary N) is 1. The lowest BCUT2D eigenvalue weighted by Gasteiger charge is -2.26. The smallest absolute Gasteiger partial charge is 0.253 e. The summed E-state index contributed by atoms with van der Waals surface area (Å²) in [4.78, 5) is 16.1. The van der Waals surface area contributed by atoms with Gasteiger partial charge >= 0.3 is 0 Å². The third-order valence-electron chi connectivity index (χ3n) is 5.57. The first-order valence-corrected chi connectivity index (χ1v) is 9.98. The molecule has 0 bridgehead atoms. The zero-order valence-corrected chi connectivity index (χ0v) is 16.4. The predicted molar refractivity (Wildman–Crippen MR) is 112 cm³/mol. The van der Waals surface area contributed by atoms with Crippen LogP contribution in [0.15, 0.2) is 78.9 Å². The molecule has 3 aromatic rings. The van der Waals surface area contributed by atoms with Crippen LogP contribution in [0.3, 0.4) is 0 Å². The first-order valence-electron chi connectivity index (χ1n) is 9.98. The van der Waals surface area contributed by atoms with E-state index in [1.165, 1.54) is 16.7 Å². The van der Waals surface area contributed by atoms with E-state index in [0.29, 0.717) is 6.54 Å². The second-order valence-corrected chi connectivity index (χ2v) is 7.72. The van der Waals surface area contributed by atoms with E-state index in [4.69, 9.17) is 0 Å². The van der Waals surface area contributed by atoms with Crippen molar-refractivity contribution in [3.63, 3.8) is 0 Å². The average Bonchev–Trinajstić information content (AvgIpc) is 2.74. The van der Waals surface area contributed by atoms with Crippen LogP contribution in [0, 0.1) is 0 Å². The minimum atomic E-state index is 0.0645. The van der Waals surface area contributed by atoms with Crippen LogP contribution in [-0.2, 0) is 26.1 Å². The number of nitrogens with zero attached hydrogens (tertiary/aromatic N) is 1. The summed E-state index contributed by atoms with van der Waals surface area (Å²) in [5.41, 5.74) is 6.15. The summed E-state index contributed by atoms with van der Waals surface area (Å²) in [7, 11) is 1.86. The molecule has 1 heterocycles. The topological polar surface area (TPSA) is 24.8 Å². The molecule has 0 spiro atoms. The van der Waals surface area contributed by atoms with Gasteiger partial charge in [-0.1, -0.05) is 66.7 Å². The lowest BCUT2D eigenvalue weighted by molar-refractivity contribution is -0.929. The Bertz CT molecular complexity index is 934. The highest BCUT2D eigenvalue weighted by molar-refractivity contribution is 5.94. The highest BCUT2D eigenvalue weighted by atomic mass is 16.2. The molecular weight excluding hydrogens is 344 g/mol. The summed E-state index contributed by atoms with van der Waals surface area (Å²) < 4.78 is 0. The van der Waals surface area contributed by atoms with E-state index < -0.39 is 0 Å². The van der Waals surface area contributed by atoms with E-state index in [1.807, 2.05) is 49.5 Å². The van der Waals surface area contributed by atoms with Crippen molar-refractivity contribution in [2.24, 2.45) is 0 Å². The first kappa shape index (κ1) is 18.5. The molecule has 0 aliphatic carbocycles.